The summed E-state index contributed by atoms with van der Waals surface area (Å²) in [5, 5.41) is 9.24. The number of benzene rings is 2. The van der Waals surface area contributed by atoms with Gasteiger partial charge in [-0.2, -0.15) is 13.2 Å². The lowest BCUT2D eigenvalue weighted by molar-refractivity contribution is -0.138. The standard InChI is InChI=1S/C23H24BrClF3N3O5S/c1-3-37(35,36)20-5-4-15(25)12-19(20)29(2)21(32)14-10-17(23(26,27)28)16(18(24)11-14)13-30-6-8-31(9-7-30)22(33)34/h4-5,10-12H,3,6-9,13H2,1-2H3,(H,33,34). The average molecular weight is 627 g/mol. The van der Waals surface area contributed by atoms with Gasteiger partial charge < -0.3 is 14.9 Å². The molecular formula is C23H24BrClF3N3O5S. The molecule has 0 aromatic heterocycles. The molecule has 0 radical (unpaired) electrons. The zero-order chi connectivity index (χ0) is 27.7. The molecule has 1 N–H and O–H groups in total. The number of hydrogen-bond acceptors (Lipinski definition) is 5. The molecule has 0 atom stereocenters. The summed E-state index contributed by atoms with van der Waals surface area (Å²) in [5.74, 6) is -1.11. The lowest BCUT2D eigenvalue weighted by Gasteiger charge is -2.33. The Bertz CT molecular complexity index is 1320. The molecule has 0 unspecified atom stereocenters. The first-order valence-electron chi connectivity index (χ1n) is 11.1. The highest BCUT2D eigenvalue weighted by molar-refractivity contribution is 9.10. The number of carbonyl (C=O) groups excluding carboxylic acids is 1. The first-order valence-corrected chi connectivity index (χ1v) is 13.9. The van der Waals surface area contributed by atoms with Crippen molar-refractivity contribution in [3.63, 3.8) is 0 Å². The number of rotatable bonds is 6. The van der Waals surface area contributed by atoms with Crippen LogP contribution in [0.5, 0.6) is 0 Å². The van der Waals surface area contributed by atoms with E-state index >= 15 is 0 Å². The number of amides is 2. The number of alkyl halides is 3. The zero-order valence-electron chi connectivity index (χ0n) is 19.8. The van der Waals surface area contributed by atoms with Crippen molar-refractivity contribution in [1.82, 2.24) is 9.80 Å². The molecular weight excluding hydrogens is 603 g/mol. The molecule has 202 valence electrons. The van der Waals surface area contributed by atoms with Crippen molar-refractivity contribution in [2.24, 2.45) is 0 Å². The van der Waals surface area contributed by atoms with Gasteiger partial charge in [0.2, 0.25) is 0 Å². The molecule has 1 aliphatic heterocycles. The predicted molar refractivity (Wildman–Crippen MR) is 136 cm³/mol. The van der Waals surface area contributed by atoms with Gasteiger partial charge in [0.25, 0.3) is 5.91 Å². The maximum atomic E-state index is 14.1. The van der Waals surface area contributed by atoms with Gasteiger partial charge in [0.15, 0.2) is 9.84 Å². The first-order chi connectivity index (χ1) is 17.2. The molecule has 8 nitrogen and oxygen atoms in total. The largest absolute Gasteiger partial charge is 0.465 e. The topological polar surface area (TPSA) is 98.2 Å². The Kier molecular flexibility index (Phi) is 8.82. The summed E-state index contributed by atoms with van der Waals surface area (Å²) in [6, 6.07) is 5.88. The van der Waals surface area contributed by atoms with E-state index in [1.807, 2.05) is 0 Å². The third kappa shape index (κ3) is 6.57. The van der Waals surface area contributed by atoms with E-state index in [9.17, 15) is 31.2 Å². The number of carbonyl (C=O) groups is 2. The van der Waals surface area contributed by atoms with Crippen LogP contribution in [0.2, 0.25) is 5.02 Å². The fraction of sp³-hybridized carbons (Fsp3) is 0.391. The van der Waals surface area contributed by atoms with Gasteiger partial charge in [0.1, 0.15) is 0 Å². The molecule has 3 rings (SSSR count). The Balaban J connectivity index is 1.98. The van der Waals surface area contributed by atoms with E-state index in [1.165, 1.54) is 43.1 Å². The molecule has 1 fully saturated rings. The summed E-state index contributed by atoms with van der Waals surface area (Å²) >= 11 is 9.20. The van der Waals surface area contributed by atoms with E-state index in [4.69, 9.17) is 16.7 Å². The molecule has 14 heteroatoms. The number of anilines is 1. The van der Waals surface area contributed by atoms with E-state index in [2.05, 4.69) is 15.9 Å². The Labute approximate surface area is 225 Å². The van der Waals surface area contributed by atoms with Gasteiger partial charge in [-0.25, -0.2) is 13.2 Å². The van der Waals surface area contributed by atoms with Crippen molar-refractivity contribution in [2.45, 2.75) is 24.5 Å². The molecule has 1 aliphatic rings. The monoisotopic (exact) mass is 625 g/mol. The minimum Gasteiger partial charge on any atom is -0.465 e. The van der Waals surface area contributed by atoms with Crippen LogP contribution in [0.15, 0.2) is 39.7 Å². The lowest BCUT2D eigenvalue weighted by atomic mass is 10.0. The number of carboxylic acid groups (broad SMARTS) is 1. The molecule has 0 spiro atoms. The normalized spacial score (nSPS) is 15.1. The number of halogens is 5. The van der Waals surface area contributed by atoms with Gasteiger partial charge in [-0.3, -0.25) is 9.69 Å². The van der Waals surface area contributed by atoms with Crippen molar-refractivity contribution >= 4 is 55.1 Å². The Morgan fingerprint density at radius 1 is 1.14 bits per heavy atom. The van der Waals surface area contributed by atoms with E-state index < -0.39 is 33.6 Å². The second kappa shape index (κ2) is 11.2. The van der Waals surface area contributed by atoms with Gasteiger partial charge in [-0.15, -0.1) is 0 Å². The minimum absolute atomic E-state index is 0.0484. The molecule has 0 saturated carbocycles. The van der Waals surface area contributed by atoms with Gasteiger partial charge in [-0.1, -0.05) is 34.5 Å². The Morgan fingerprint density at radius 2 is 1.76 bits per heavy atom. The highest BCUT2D eigenvalue weighted by atomic mass is 79.9. The van der Waals surface area contributed by atoms with Crippen LogP contribution in [0.4, 0.5) is 23.7 Å². The summed E-state index contributed by atoms with van der Waals surface area (Å²) in [4.78, 5) is 28.1. The molecule has 2 aromatic carbocycles. The van der Waals surface area contributed by atoms with Crippen LogP contribution >= 0.6 is 27.5 Å². The maximum Gasteiger partial charge on any atom is 0.416 e. The highest BCUT2D eigenvalue weighted by Crippen LogP contribution is 2.38. The molecule has 1 saturated heterocycles. The highest BCUT2D eigenvalue weighted by Gasteiger charge is 2.37. The molecule has 1 heterocycles. The number of piperazine rings is 1. The van der Waals surface area contributed by atoms with Crippen LogP contribution in [-0.2, 0) is 22.6 Å². The summed E-state index contributed by atoms with van der Waals surface area (Å²) in [7, 11) is -2.50. The molecule has 2 aromatic rings. The van der Waals surface area contributed by atoms with Crippen molar-refractivity contribution < 1.29 is 36.3 Å². The van der Waals surface area contributed by atoms with E-state index in [0.717, 1.165) is 11.0 Å². The molecule has 37 heavy (non-hydrogen) atoms. The van der Waals surface area contributed by atoms with E-state index in [1.54, 1.807) is 4.90 Å². The van der Waals surface area contributed by atoms with Gasteiger partial charge in [0.05, 0.1) is 21.9 Å². The molecule has 2 amide bonds. The first kappa shape index (κ1) is 29.2. The van der Waals surface area contributed by atoms with E-state index in [0.29, 0.717) is 0 Å². The van der Waals surface area contributed by atoms with Crippen LogP contribution in [0.1, 0.15) is 28.4 Å². The summed E-state index contributed by atoms with van der Waals surface area (Å²) in [6.07, 6.45) is -5.87. The minimum atomic E-state index is -4.79. The summed E-state index contributed by atoms with van der Waals surface area (Å²) in [5.41, 5.74) is -1.47. The van der Waals surface area contributed by atoms with E-state index in [-0.39, 0.29) is 69.7 Å². The second-order valence-corrected chi connectivity index (χ2v) is 11.9. The fourth-order valence-corrected chi connectivity index (χ4v) is 5.82. The van der Waals surface area contributed by atoms with Gasteiger partial charge in [-0.05, 0) is 35.9 Å². The maximum absolute atomic E-state index is 14.1. The van der Waals surface area contributed by atoms with Crippen LogP contribution in [-0.4, -0.2) is 74.3 Å². The second-order valence-electron chi connectivity index (χ2n) is 8.41. The van der Waals surface area contributed by atoms with Crippen LogP contribution < -0.4 is 4.90 Å². The number of sulfone groups is 1. The third-order valence-corrected chi connectivity index (χ3v) is 8.79. The Morgan fingerprint density at radius 3 is 2.30 bits per heavy atom. The quantitative estimate of drug-likeness (QED) is 0.486. The van der Waals surface area contributed by atoms with Crippen LogP contribution in [0, 0.1) is 0 Å². The van der Waals surface area contributed by atoms with Crippen molar-refractivity contribution in [3.8, 4) is 0 Å². The Hall–Kier alpha value is -2.35. The SMILES string of the molecule is CCS(=O)(=O)c1ccc(Cl)cc1N(C)C(=O)c1cc(Br)c(CN2CCN(C(=O)O)CC2)c(C(F)(F)F)c1. The number of nitrogens with zero attached hydrogens (tertiary/aromatic N) is 3. The van der Waals surface area contributed by atoms with Crippen molar-refractivity contribution in [1.29, 1.82) is 0 Å². The van der Waals surface area contributed by atoms with Gasteiger partial charge in [0, 0.05) is 54.8 Å². The van der Waals surface area contributed by atoms with Gasteiger partial charge >= 0.3 is 12.3 Å². The smallest absolute Gasteiger partial charge is 0.416 e. The van der Waals surface area contributed by atoms with Crippen molar-refractivity contribution in [2.75, 3.05) is 43.9 Å². The lowest BCUT2D eigenvalue weighted by Crippen LogP contribution is -2.48. The van der Waals surface area contributed by atoms with Crippen LogP contribution in [0.3, 0.4) is 0 Å². The summed E-state index contributed by atoms with van der Waals surface area (Å²) < 4.78 is 67.4. The average Bonchev–Trinajstić information content (AvgIpc) is 2.83. The summed E-state index contributed by atoms with van der Waals surface area (Å²) in [6.45, 7) is 2.16. The third-order valence-electron chi connectivity index (χ3n) is 6.07. The molecule has 0 bridgehead atoms. The van der Waals surface area contributed by atoms with Crippen molar-refractivity contribution in [3.05, 3.63) is 56.5 Å². The number of hydrogen-bond donors (Lipinski definition) is 1. The fourth-order valence-electron chi connectivity index (χ4n) is 3.97. The molecule has 0 aliphatic carbocycles. The van der Waals surface area contributed by atoms with Crippen LogP contribution in [0.25, 0.3) is 0 Å². The predicted octanol–water partition coefficient (Wildman–Crippen LogP) is 4.99. The zero-order valence-corrected chi connectivity index (χ0v) is 23.0.